The molecule has 2 atom stereocenters. The van der Waals surface area contributed by atoms with Gasteiger partial charge in [-0.05, 0) is 17.5 Å². The lowest BCUT2D eigenvalue weighted by Gasteiger charge is -2.15. The summed E-state index contributed by atoms with van der Waals surface area (Å²) in [4.78, 5) is 21.7. The minimum Gasteiger partial charge on any atom is -0.396 e. The van der Waals surface area contributed by atoms with Gasteiger partial charge in [0.25, 0.3) is 0 Å². The fourth-order valence-corrected chi connectivity index (χ4v) is 3.58. The molecule has 2 aromatic carbocycles. The fraction of sp³-hybridized carbons (Fsp3) is 0.278. The molecule has 0 bridgehead atoms. The summed E-state index contributed by atoms with van der Waals surface area (Å²) in [6.07, 6.45) is 0.117. The molecule has 24 heavy (non-hydrogen) atoms. The van der Waals surface area contributed by atoms with E-state index in [0.29, 0.717) is 12.0 Å². The van der Waals surface area contributed by atoms with Crippen LogP contribution in [0.15, 0.2) is 60.7 Å². The highest BCUT2D eigenvalue weighted by atomic mass is 31.2. The Kier molecular flexibility index (Phi) is 6.73. The minimum atomic E-state index is -4.02. The number of carbonyl (C=O) groups excluding carboxylic acids is 1. The maximum Gasteiger partial charge on any atom is 0.383 e. The molecule has 0 amide bonds. The van der Waals surface area contributed by atoms with Crippen molar-refractivity contribution >= 4 is 13.6 Å². The van der Waals surface area contributed by atoms with Gasteiger partial charge in [0.2, 0.25) is 0 Å². The highest BCUT2D eigenvalue weighted by Gasteiger charge is 2.25. The van der Waals surface area contributed by atoms with Crippen molar-refractivity contribution in [1.29, 1.82) is 0 Å². The minimum absolute atomic E-state index is 0.0283. The molecule has 0 saturated heterocycles. The number of hydrogen-bond donors (Lipinski definition) is 2. The Balaban J connectivity index is 1.87. The van der Waals surface area contributed by atoms with Crippen LogP contribution in [-0.4, -0.2) is 22.6 Å². The van der Waals surface area contributed by atoms with Gasteiger partial charge in [-0.3, -0.25) is 4.79 Å². The maximum absolute atomic E-state index is 12.0. The monoisotopic (exact) mass is 348 g/mol. The van der Waals surface area contributed by atoms with E-state index in [1.54, 1.807) is 30.3 Å². The molecule has 0 radical (unpaired) electrons. The summed E-state index contributed by atoms with van der Waals surface area (Å²) in [5.41, 5.74) is 1.55. The van der Waals surface area contributed by atoms with Crippen LogP contribution in [0.3, 0.4) is 0 Å². The Bertz CT molecular complexity index is 687. The SMILES string of the molecule is O=C(CCC(CO)c1ccccc1)OP(=O)(O)Cc1ccccc1. The van der Waals surface area contributed by atoms with Gasteiger partial charge in [0.05, 0.1) is 6.16 Å². The lowest BCUT2D eigenvalue weighted by atomic mass is 9.95. The molecular formula is C18H21O5P. The Morgan fingerprint density at radius 2 is 1.62 bits per heavy atom. The van der Waals surface area contributed by atoms with Crippen molar-refractivity contribution in [3.8, 4) is 0 Å². The van der Waals surface area contributed by atoms with E-state index in [2.05, 4.69) is 0 Å². The first-order chi connectivity index (χ1) is 11.5. The maximum atomic E-state index is 12.0. The molecule has 128 valence electrons. The van der Waals surface area contributed by atoms with Crippen molar-refractivity contribution in [2.45, 2.75) is 24.9 Å². The number of rotatable bonds is 8. The van der Waals surface area contributed by atoms with Crippen LogP contribution in [-0.2, 0) is 20.0 Å². The molecule has 0 saturated carbocycles. The Hall–Kier alpha value is -1.94. The van der Waals surface area contributed by atoms with E-state index in [-0.39, 0.29) is 25.1 Å². The van der Waals surface area contributed by atoms with Crippen molar-refractivity contribution in [2.75, 3.05) is 6.61 Å². The molecule has 2 aromatic rings. The smallest absolute Gasteiger partial charge is 0.383 e. The third-order valence-electron chi connectivity index (χ3n) is 3.66. The van der Waals surface area contributed by atoms with Gasteiger partial charge in [-0.15, -0.1) is 0 Å². The van der Waals surface area contributed by atoms with Crippen LogP contribution in [0.25, 0.3) is 0 Å². The van der Waals surface area contributed by atoms with Gasteiger partial charge in [-0.2, -0.15) is 0 Å². The molecule has 0 aliphatic carbocycles. The van der Waals surface area contributed by atoms with Gasteiger partial charge < -0.3 is 14.5 Å². The van der Waals surface area contributed by atoms with Crippen LogP contribution in [0.5, 0.6) is 0 Å². The van der Waals surface area contributed by atoms with Crippen LogP contribution >= 0.6 is 7.60 Å². The standard InChI is InChI=1S/C18H21O5P/c19-13-17(16-9-5-2-6-10-16)11-12-18(20)23-24(21,22)14-15-7-3-1-4-8-15/h1-10,17,19H,11-14H2,(H,21,22). The molecule has 2 rings (SSSR count). The van der Waals surface area contributed by atoms with E-state index in [9.17, 15) is 19.4 Å². The van der Waals surface area contributed by atoms with Crippen molar-refractivity contribution in [1.82, 2.24) is 0 Å². The average molecular weight is 348 g/mol. The molecule has 6 heteroatoms. The van der Waals surface area contributed by atoms with Gasteiger partial charge in [-0.1, -0.05) is 60.7 Å². The van der Waals surface area contributed by atoms with E-state index in [1.165, 1.54) is 0 Å². The summed E-state index contributed by atoms with van der Waals surface area (Å²) in [7, 11) is -4.02. The molecule has 0 aliphatic rings. The van der Waals surface area contributed by atoms with E-state index in [0.717, 1.165) is 5.56 Å². The normalized spacial score (nSPS) is 14.6. The quantitative estimate of drug-likeness (QED) is 0.714. The molecular weight excluding hydrogens is 327 g/mol. The zero-order valence-electron chi connectivity index (χ0n) is 13.2. The Labute approximate surface area is 141 Å². The zero-order chi connectivity index (χ0) is 17.4. The zero-order valence-corrected chi connectivity index (χ0v) is 14.1. The van der Waals surface area contributed by atoms with Crippen molar-refractivity contribution in [3.05, 3.63) is 71.8 Å². The highest BCUT2D eigenvalue weighted by Crippen LogP contribution is 2.46. The van der Waals surface area contributed by atoms with Crippen molar-refractivity contribution in [2.24, 2.45) is 0 Å². The predicted octanol–water partition coefficient (Wildman–Crippen LogP) is 3.47. The third-order valence-corrected chi connectivity index (χ3v) is 4.91. The first-order valence-corrected chi connectivity index (χ1v) is 9.50. The third kappa shape index (κ3) is 5.93. The summed E-state index contributed by atoms with van der Waals surface area (Å²) in [6.45, 7) is -0.0991. The Morgan fingerprint density at radius 3 is 2.21 bits per heavy atom. The Morgan fingerprint density at radius 1 is 1.04 bits per heavy atom. The van der Waals surface area contributed by atoms with Crippen LogP contribution in [0.2, 0.25) is 0 Å². The van der Waals surface area contributed by atoms with E-state index in [1.807, 2.05) is 30.3 Å². The van der Waals surface area contributed by atoms with Gasteiger partial charge in [0, 0.05) is 18.9 Å². The number of benzene rings is 2. The van der Waals surface area contributed by atoms with E-state index in [4.69, 9.17) is 4.52 Å². The predicted molar refractivity (Wildman–Crippen MR) is 91.6 cm³/mol. The molecule has 0 aromatic heterocycles. The summed E-state index contributed by atoms with van der Waals surface area (Å²) >= 11 is 0. The van der Waals surface area contributed by atoms with Gasteiger partial charge in [0.1, 0.15) is 0 Å². The molecule has 5 nitrogen and oxygen atoms in total. The second kappa shape index (κ2) is 8.78. The molecule has 2 unspecified atom stereocenters. The summed E-state index contributed by atoms with van der Waals surface area (Å²) < 4.78 is 16.8. The van der Waals surface area contributed by atoms with Crippen molar-refractivity contribution < 1.29 is 23.9 Å². The number of carbonyl (C=O) groups is 1. The second-order valence-electron chi connectivity index (χ2n) is 5.57. The van der Waals surface area contributed by atoms with E-state index < -0.39 is 13.6 Å². The number of aliphatic hydroxyl groups excluding tert-OH is 1. The lowest BCUT2D eigenvalue weighted by Crippen LogP contribution is -2.09. The molecule has 0 spiro atoms. The highest BCUT2D eigenvalue weighted by molar-refractivity contribution is 7.52. The van der Waals surface area contributed by atoms with Crippen LogP contribution in [0.1, 0.15) is 29.9 Å². The largest absolute Gasteiger partial charge is 0.396 e. The van der Waals surface area contributed by atoms with E-state index >= 15 is 0 Å². The molecule has 2 N–H and O–H groups in total. The van der Waals surface area contributed by atoms with Crippen LogP contribution < -0.4 is 0 Å². The van der Waals surface area contributed by atoms with Gasteiger partial charge >= 0.3 is 13.6 Å². The second-order valence-corrected chi connectivity index (χ2v) is 7.35. The topological polar surface area (TPSA) is 83.8 Å². The fourth-order valence-electron chi connectivity index (χ4n) is 2.43. The summed E-state index contributed by atoms with van der Waals surface area (Å²) in [6, 6.07) is 18.1. The number of aliphatic hydroxyl groups is 1. The lowest BCUT2D eigenvalue weighted by molar-refractivity contribution is -0.135. The molecule has 0 aliphatic heterocycles. The molecule has 0 fully saturated rings. The van der Waals surface area contributed by atoms with Gasteiger partial charge in [-0.25, -0.2) is 4.57 Å². The number of hydrogen-bond acceptors (Lipinski definition) is 4. The summed E-state index contributed by atoms with van der Waals surface area (Å²) in [5.74, 6) is -0.933. The van der Waals surface area contributed by atoms with Crippen molar-refractivity contribution in [3.63, 3.8) is 0 Å². The summed E-state index contributed by atoms with van der Waals surface area (Å²) in [5, 5.41) is 9.46. The average Bonchev–Trinajstić information content (AvgIpc) is 2.56. The van der Waals surface area contributed by atoms with Gasteiger partial charge in [0.15, 0.2) is 0 Å². The first-order valence-electron chi connectivity index (χ1n) is 7.74. The van der Waals surface area contributed by atoms with Crippen LogP contribution in [0.4, 0.5) is 0 Å². The first kappa shape index (κ1) is 18.4. The molecule has 0 heterocycles. The van der Waals surface area contributed by atoms with Crippen LogP contribution in [0, 0.1) is 0 Å².